The summed E-state index contributed by atoms with van der Waals surface area (Å²) in [6.45, 7) is 5.32. The molecule has 3 heterocycles. The number of pyridine rings is 1. The molecule has 0 spiro atoms. The van der Waals surface area contributed by atoms with E-state index in [9.17, 15) is 14.9 Å². The molecule has 3 aromatic heterocycles. The maximum Gasteiger partial charge on any atom is 0.408 e. The second-order valence-corrected chi connectivity index (χ2v) is 11.0. The maximum atomic E-state index is 12.3. The minimum Gasteiger partial charge on any atom is -0.494 e. The van der Waals surface area contributed by atoms with Gasteiger partial charge in [0.05, 0.1) is 51.9 Å². The number of rotatable bonds is 9. The third-order valence-corrected chi connectivity index (χ3v) is 6.55. The highest BCUT2D eigenvalue weighted by atomic mass is 35.5. The van der Waals surface area contributed by atoms with Crippen LogP contribution in [0.5, 0.6) is 11.5 Å². The lowest BCUT2D eigenvalue weighted by Crippen LogP contribution is -2.44. The summed E-state index contributed by atoms with van der Waals surface area (Å²) < 4.78 is 18.4. The van der Waals surface area contributed by atoms with Crippen LogP contribution in [0.3, 0.4) is 0 Å². The summed E-state index contributed by atoms with van der Waals surface area (Å²) in [4.78, 5) is 32.5. The molecule has 4 aromatic rings. The zero-order chi connectivity index (χ0) is 29.4. The third-order valence-electron chi connectivity index (χ3n) is 6.27. The van der Waals surface area contributed by atoms with Gasteiger partial charge in [0.2, 0.25) is 11.7 Å². The van der Waals surface area contributed by atoms with Crippen molar-refractivity contribution in [3.05, 3.63) is 64.1 Å². The molecule has 5 rings (SSSR count). The molecule has 0 radical (unpaired) electrons. The van der Waals surface area contributed by atoms with Crippen molar-refractivity contribution in [2.75, 3.05) is 19.0 Å². The molecule has 0 atom stereocenters. The Morgan fingerprint density at radius 3 is 2.68 bits per heavy atom. The third kappa shape index (κ3) is 6.24. The van der Waals surface area contributed by atoms with Crippen LogP contribution in [0.1, 0.15) is 33.6 Å². The number of hydrogen-bond acceptors (Lipinski definition) is 10. The van der Waals surface area contributed by atoms with Gasteiger partial charge in [0.1, 0.15) is 18.0 Å². The van der Waals surface area contributed by atoms with E-state index in [0.717, 1.165) is 5.52 Å². The quantitative estimate of drug-likeness (QED) is 0.190. The molecule has 13 nitrogen and oxygen atoms in total. The van der Waals surface area contributed by atoms with E-state index in [1.165, 1.54) is 25.4 Å². The van der Waals surface area contributed by atoms with Gasteiger partial charge in [-0.05, 0) is 45.7 Å². The van der Waals surface area contributed by atoms with Crippen LogP contribution in [0, 0.1) is 10.1 Å². The number of anilines is 2. The highest BCUT2D eigenvalue weighted by Crippen LogP contribution is 2.42. The number of methoxy groups -OCH3 is 1. The van der Waals surface area contributed by atoms with Crippen LogP contribution >= 0.6 is 11.6 Å². The second kappa shape index (κ2) is 10.7. The number of nitro groups is 1. The molecule has 0 saturated heterocycles. The molecule has 214 valence electrons. The average molecular weight is 582 g/mol. The van der Waals surface area contributed by atoms with Gasteiger partial charge in [0, 0.05) is 23.9 Å². The minimum atomic E-state index is -0.661. The molecule has 0 aliphatic heterocycles. The van der Waals surface area contributed by atoms with Gasteiger partial charge >= 0.3 is 11.8 Å². The Kier molecular flexibility index (Phi) is 7.30. The molecule has 41 heavy (non-hydrogen) atoms. The first kappa shape index (κ1) is 27.9. The van der Waals surface area contributed by atoms with Crippen LogP contribution < -0.4 is 20.1 Å². The van der Waals surface area contributed by atoms with Crippen LogP contribution in [0.4, 0.5) is 22.1 Å². The Balaban J connectivity index is 1.38. The van der Waals surface area contributed by atoms with E-state index >= 15 is 0 Å². The second-order valence-electron chi connectivity index (χ2n) is 10.6. The molecule has 1 aromatic carbocycles. The van der Waals surface area contributed by atoms with Gasteiger partial charge in [-0.25, -0.2) is 19.3 Å². The summed E-state index contributed by atoms with van der Waals surface area (Å²) in [7, 11) is 1.43. The van der Waals surface area contributed by atoms with E-state index in [1.54, 1.807) is 37.7 Å². The van der Waals surface area contributed by atoms with E-state index in [0.29, 0.717) is 29.1 Å². The number of nitrogens with zero attached hydrogens (tertiary/aromatic N) is 5. The first-order valence-electron chi connectivity index (χ1n) is 12.7. The molecule has 1 amide bonds. The zero-order valence-electron chi connectivity index (χ0n) is 22.8. The molecule has 1 aliphatic carbocycles. The van der Waals surface area contributed by atoms with Gasteiger partial charge in [0.15, 0.2) is 0 Å². The SMILES string of the molecule is COc1cc(OCC2(NC(=O)OC(C)(C)C)CC2)c([N+](=O)[O-])cc1Nc1ncc(Cl)c(-c2cnn3ccccc23)n1. The largest absolute Gasteiger partial charge is 0.494 e. The fourth-order valence-corrected chi connectivity index (χ4v) is 4.31. The highest BCUT2D eigenvalue weighted by molar-refractivity contribution is 6.33. The fraction of sp³-hybridized carbons (Fsp3) is 0.333. The predicted molar refractivity (Wildman–Crippen MR) is 151 cm³/mol. The number of alkyl carbamates (subject to hydrolysis) is 1. The number of aromatic nitrogens is 4. The molecular weight excluding hydrogens is 554 g/mol. The Morgan fingerprint density at radius 2 is 2.00 bits per heavy atom. The van der Waals surface area contributed by atoms with Crippen LogP contribution in [0.25, 0.3) is 16.8 Å². The highest BCUT2D eigenvalue weighted by Gasteiger charge is 2.46. The zero-order valence-corrected chi connectivity index (χ0v) is 23.6. The van der Waals surface area contributed by atoms with Crippen LogP contribution in [-0.4, -0.2) is 55.5 Å². The molecule has 2 N–H and O–H groups in total. The van der Waals surface area contributed by atoms with Crippen molar-refractivity contribution >= 4 is 40.5 Å². The fourth-order valence-electron chi connectivity index (χ4n) is 4.12. The van der Waals surface area contributed by atoms with Gasteiger partial charge in [-0.2, -0.15) is 5.10 Å². The van der Waals surface area contributed by atoms with Crippen molar-refractivity contribution in [3.63, 3.8) is 0 Å². The number of nitro benzene ring substituents is 1. The van der Waals surface area contributed by atoms with Crippen LogP contribution in [-0.2, 0) is 4.74 Å². The monoisotopic (exact) mass is 581 g/mol. The summed E-state index contributed by atoms with van der Waals surface area (Å²) in [5.41, 5.74) is 0.542. The molecular formula is C27H28ClN7O6. The summed E-state index contributed by atoms with van der Waals surface area (Å²) in [5, 5.41) is 22.4. The summed E-state index contributed by atoms with van der Waals surface area (Å²) in [6.07, 6.45) is 5.62. The summed E-state index contributed by atoms with van der Waals surface area (Å²) in [5.74, 6) is 0.379. The predicted octanol–water partition coefficient (Wildman–Crippen LogP) is 5.54. The molecule has 1 saturated carbocycles. The molecule has 14 heteroatoms. The number of hydrogen-bond donors (Lipinski definition) is 2. The van der Waals surface area contributed by atoms with Gasteiger partial charge in [-0.3, -0.25) is 10.1 Å². The van der Waals surface area contributed by atoms with E-state index in [1.807, 2.05) is 18.2 Å². The number of carbonyl (C=O) groups is 1. The minimum absolute atomic E-state index is 0.0151. The Labute approximate surface area is 239 Å². The summed E-state index contributed by atoms with van der Waals surface area (Å²) >= 11 is 6.42. The van der Waals surface area contributed by atoms with E-state index < -0.39 is 22.2 Å². The maximum absolute atomic E-state index is 12.3. The van der Waals surface area contributed by atoms with Crippen molar-refractivity contribution in [2.45, 2.75) is 44.8 Å². The first-order chi connectivity index (χ1) is 19.5. The molecule has 1 fully saturated rings. The Bertz CT molecular complexity index is 1630. The van der Waals surface area contributed by atoms with Gasteiger partial charge in [-0.15, -0.1) is 0 Å². The summed E-state index contributed by atoms with van der Waals surface area (Å²) in [6, 6.07) is 8.30. The lowest BCUT2D eigenvalue weighted by molar-refractivity contribution is -0.385. The van der Waals surface area contributed by atoms with Gasteiger partial charge < -0.3 is 24.8 Å². The van der Waals surface area contributed by atoms with Crippen molar-refractivity contribution in [2.24, 2.45) is 0 Å². The number of nitrogens with one attached hydrogen (secondary N) is 2. The van der Waals surface area contributed by atoms with E-state index in [2.05, 4.69) is 25.7 Å². The van der Waals surface area contributed by atoms with Crippen molar-refractivity contribution in [1.82, 2.24) is 24.9 Å². The van der Waals surface area contributed by atoms with Crippen LogP contribution in [0.2, 0.25) is 5.02 Å². The number of carbonyl (C=O) groups excluding carboxylic acids is 1. The van der Waals surface area contributed by atoms with Gasteiger partial charge in [0.25, 0.3) is 0 Å². The van der Waals surface area contributed by atoms with Crippen molar-refractivity contribution in [1.29, 1.82) is 0 Å². The van der Waals surface area contributed by atoms with Crippen LogP contribution in [0.15, 0.2) is 48.9 Å². The standard InChI is InChI=1S/C27H28ClN7O6/c1-26(2,3)41-25(36)33-27(8-9-27)15-40-22-12-21(39-4)18(11-20(22)35(37)38)31-24-29-14-17(28)23(32-24)16-13-30-34-10-6-5-7-19(16)34/h5-7,10-14H,8-9,15H2,1-4H3,(H,33,36)(H,29,31,32). The van der Waals surface area contributed by atoms with E-state index in [4.69, 9.17) is 25.8 Å². The smallest absolute Gasteiger partial charge is 0.408 e. The lowest BCUT2D eigenvalue weighted by Gasteiger charge is -2.23. The average Bonchev–Trinajstić information content (AvgIpc) is 3.54. The number of ether oxygens (including phenoxy) is 3. The first-order valence-corrected chi connectivity index (χ1v) is 13.1. The topological polar surface area (TPSA) is 155 Å². The van der Waals surface area contributed by atoms with Crippen molar-refractivity contribution in [3.8, 4) is 22.8 Å². The lowest BCUT2D eigenvalue weighted by atomic mass is 10.2. The number of fused-ring (bicyclic) bond motifs is 1. The molecule has 0 bridgehead atoms. The van der Waals surface area contributed by atoms with Crippen molar-refractivity contribution < 1.29 is 23.9 Å². The Morgan fingerprint density at radius 1 is 1.22 bits per heavy atom. The molecule has 1 aliphatic rings. The van der Waals surface area contributed by atoms with E-state index in [-0.39, 0.29) is 35.4 Å². The number of amides is 1. The molecule has 0 unspecified atom stereocenters. The van der Waals surface area contributed by atoms with Gasteiger partial charge in [-0.1, -0.05) is 17.7 Å². The number of benzene rings is 1. The number of halogens is 1. The Hall–Kier alpha value is -4.65. The normalized spacial score (nSPS) is 13.9.